The zero-order valence-electron chi connectivity index (χ0n) is 37.8. The first-order valence-electron chi connectivity index (χ1n) is 22.5. The molecule has 0 amide bonds. The lowest BCUT2D eigenvalue weighted by atomic mass is 9.72. The van der Waals surface area contributed by atoms with Crippen molar-refractivity contribution in [2.24, 2.45) is 0 Å². The molecule has 1 aromatic heterocycles. The number of anilines is 4. The van der Waals surface area contributed by atoms with Gasteiger partial charge in [-0.15, -0.1) is 0 Å². The number of hydrogen-bond donors (Lipinski definition) is 0. The van der Waals surface area contributed by atoms with Crippen LogP contribution < -0.4 is 9.80 Å². The number of aromatic nitrogens is 1. The van der Waals surface area contributed by atoms with Gasteiger partial charge >= 0.3 is 0 Å². The average Bonchev–Trinajstić information content (AvgIpc) is 3.70. The van der Waals surface area contributed by atoms with Crippen molar-refractivity contribution in [3.8, 4) is 27.9 Å². The van der Waals surface area contributed by atoms with Crippen molar-refractivity contribution in [3.05, 3.63) is 241 Å². The van der Waals surface area contributed by atoms with E-state index in [4.69, 9.17) is 0 Å². The number of hydrogen-bond acceptors (Lipinski definition) is 2. The summed E-state index contributed by atoms with van der Waals surface area (Å²) in [6.45, 7) is 15.2. The molecule has 0 bridgehead atoms. The zero-order chi connectivity index (χ0) is 44.4. The van der Waals surface area contributed by atoms with Crippen LogP contribution in [0.15, 0.2) is 225 Å². The second-order valence-corrected chi connectivity index (χ2v) is 16.6. The lowest BCUT2D eigenvalue weighted by Crippen LogP contribution is -2.31. The highest BCUT2D eigenvalue weighted by Crippen LogP contribution is 2.56. The summed E-state index contributed by atoms with van der Waals surface area (Å²) in [5.74, 6) is 0. The summed E-state index contributed by atoms with van der Waals surface area (Å²) >= 11 is 0. The number of rotatable bonds is 9. The van der Waals surface area contributed by atoms with Crippen LogP contribution in [0.1, 0.15) is 51.3 Å². The highest BCUT2D eigenvalue weighted by Gasteiger charge is 2.39. The van der Waals surface area contributed by atoms with E-state index in [1.54, 1.807) is 0 Å². The van der Waals surface area contributed by atoms with Gasteiger partial charge in [-0.1, -0.05) is 186 Å². The largest absolute Gasteiger partial charge is 0.344 e. The Morgan fingerprint density at radius 2 is 1.12 bits per heavy atom. The summed E-state index contributed by atoms with van der Waals surface area (Å²) in [6, 6.07) is 70.4. The molecule has 64 heavy (non-hydrogen) atoms. The second kappa shape index (κ2) is 17.6. The predicted molar refractivity (Wildman–Crippen MR) is 277 cm³/mol. The van der Waals surface area contributed by atoms with E-state index in [2.05, 4.69) is 255 Å². The Hall–Kier alpha value is -7.62. The second-order valence-electron chi connectivity index (χ2n) is 16.6. The number of nitrogens with zero attached hydrogens (tertiary/aromatic N) is 3. The molecule has 0 saturated carbocycles. The van der Waals surface area contributed by atoms with Gasteiger partial charge in [0.05, 0.1) is 22.4 Å². The molecule has 9 aromatic rings. The summed E-state index contributed by atoms with van der Waals surface area (Å²) in [4.78, 5) is 4.77. The van der Waals surface area contributed by atoms with Gasteiger partial charge in [0.1, 0.15) is 0 Å². The summed E-state index contributed by atoms with van der Waals surface area (Å²) in [5, 5.41) is 2.47. The summed E-state index contributed by atoms with van der Waals surface area (Å²) < 4.78 is 2.48. The SMILES string of the molecule is C=C/C(=C(\C=C/C)N(C)c1ccc(-c2ccccc2)cc1)c1ccc2c(c1)C(C)(C)c1ccc3c4ccccc4n(-c4ccc(-c5ccccc5)cc4)c3c1N2c1ccccc1.CC. The molecule has 1 aliphatic rings. The maximum atomic E-state index is 4.40. The van der Waals surface area contributed by atoms with E-state index in [9.17, 15) is 0 Å². The molecule has 0 fully saturated rings. The molecule has 10 rings (SSSR count). The third-order valence-corrected chi connectivity index (χ3v) is 12.7. The average molecular weight is 830 g/mol. The molecule has 0 atom stereocenters. The number of likely N-dealkylation sites (N-methyl/N-ethyl adjacent to an activating group) is 1. The standard InChI is InChI=1S/C59H49N3.C2H6/c1-6-19-54(60(5)46-33-28-43(29-34-46)41-20-11-8-12-21-41)49(7-2)45-32-39-56-53(40-45)59(3,4)52-38-37-51-50-26-17-18-27-55(50)61(57(51)58(52)62(56)47-24-15-10-16-25-47)48-35-30-44(31-36-48)42-22-13-9-14-23-42;1-2/h6-40H,2H2,1,3-5H3;1-2H3/b19-6-,54-49-;. The Labute approximate surface area is 379 Å². The molecule has 8 aromatic carbocycles. The van der Waals surface area contributed by atoms with E-state index >= 15 is 0 Å². The summed E-state index contributed by atoms with van der Waals surface area (Å²) in [6.07, 6.45) is 6.32. The van der Waals surface area contributed by atoms with Crippen molar-refractivity contribution in [2.75, 3.05) is 16.8 Å². The highest BCUT2D eigenvalue weighted by atomic mass is 15.2. The van der Waals surface area contributed by atoms with Crippen LogP contribution in [0, 0.1) is 0 Å². The molecule has 1 aliphatic heterocycles. The normalized spacial score (nSPS) is 13.2. The van der Waals surface area contributed by atoms with Gasteiger partial charge in [0, 0.05) is 51.6 Å². The van der Waals surface area contributed by atoms with E-state index in [0.717, 1.165) is 33.9 Å². The molecule has 314 valence electrons. The number of benzene rings is 8. The number of allylic oxidation sites excluding steroid dienone is 4. The minimum absolute atomic E-state index is 0.356. The minimum atomic E-state index is -0.356. The van der Waals surface area contributed by atoms with Crippen molar-refractivity contribution >= 4 is 50.1 Å². The molecule has 0 aliphatic carbocycles. The fourth-order valence-electron chi connectivity index (χ4n) is 9.54. The van der Waals surface area contributed by atoms with Crippen LogP contribution in [0.3, 0.4) is 0 Å². The zero-order valence-corrected chi connectivity index (χ0v) is 37.8. The van der Waals surface area contributed by atoms with Crippen LogP contribution in [0.4, 0.5) is 22.7 Å². The van der Waals surface area contributed by atoms with E-state index in [0.29, 0.717) is 0 Å². The quantitative estimate of drug-likeness (QED) is 0.134. The molecule has 0 N–H and O–H groups in total. The topological polar surface area (TPSA) is 11.4 Å². The predicted octanol–water partition coefficient (Wildman–Crippen LogP) is 16.9. The molecule has 2 heterocycles. The maximum Gasteiger partial charge on any atom is 0.0785 e. The first-order chi connectivity index (χ1) is 31.4. The van der Waals surface area contributed by atoms with Crippen LogP contribution in [0.2, 0.25) is 0 Å². The van der Waals surface area contributed by atoms with E-state index in [1.165, 1.54) is 66.6 Å². The van der Waals surface area contributed by atoms with Crippen molar-refractivity contribution < 1.29 is 0 Å². The molecule has 3 heteroatoms. The first kappa shape index (κ1) is 41.7. The fourth-order valence-corrected chi connectivity index (χ4v) is 9.54. The van der Waals surface area contributed by atoms with Crippen LogP contribution in [-0.2, 0) is 5.41 Å². The van der Waals surface area contributed by atoms with Gasteiger partial charge in [-0.05, 0) is 107 Å². The van der Waals surface area contributed by atoms with E-state index in [-0.39, 0.29) is 5.41 Å². The van der Waals surface area contributed by atoms with E-state index in [1.807, 2.05) is 19.9 Å². The van der Waals surface area contributed by atoms with Gasteiger partial charge in [-0.2, -0.15) is 0 Å². The third kappa shape index (κ3) is 7.23. The van der Waals surface area contributed by atoms with Crippen molar-refractivity contribution in [2.45, 2.75) is 40.0 Å². The van der Waals surface area contributed by atoms with Gasteiger partial charge in [0.15, 0.2) is 0 Å². The highest BCUT2D eigenvalue weighted by molar-refractivity contribution is 6.16. The number of para-hydroxylation sites is 2. The number of fused-ring (bicyclic) bond motifs is 6. The van der Waals surface area contributed by atoms with Crippen molar-refractivity contribution in [1.82, 2.24) is 4.57 Å². The molecule has 0 saturated heterocycles. The first-order valence-corrected chi connectivity index (χ1v) is 22.5. The smallest absolute Gasteiger partial charge is 0.0785 e. The minimum Gasteiger partial charge on any atom is -0.344 e. The Morgan fingerprint density at radius 3 is 1.73 bits per heavy atom. The monoisotopic (exact) mass is 829 g/mol. The Kier molecular flexibility index (Phi) is 11.5. The molecular formula is C61H55N3. The van der Waals surface area contributed by atoms with Crippen LogP contribution in [0.25, 0.3) is 55.3 Å². The van der Waals surface area contributed by atoms with Crippen molar-refractivity contribution in [1.29, 1.82) is 0 Å². The third-order valence-electron chi connectivity index (χ3n) is 12.7. The Balaban J connectivity index is 0.00000256. The Morgan fingerprint density at radius 1 is 0.562 bits per heavy atom. The van der Waals surface area contributed by atoms with Gasteiger partial charge in [0.25, 0.3) is 0 Å². The molecule has 3 nitrogen and oxygen atoms in total. The van der Waals surface area contributed by atoms with Gasteiger partial charge in [-0.25, -0.2) is 0 Å². The lowest BCUT2D eigenvalue weighted by Gasteiger charge is -2.43. The van der Waals surface area contributed by atoms with Crippen LogP contribution >= 0.6 is 0 Å². The lowest BCUT2D eigenvalue weighted by molar-refractivity contribution is 0.632. The molecule has 0 radical (unpaired) electrons. The molecular weight excluding hydrogens is 775 g/mol. The molecule has 0 unspecified atom stereocenters. The maximum absolute atomic E-state index is 4.40. The van der Waals surface area contributed by atoms with Crippen LogP contribution in [0.5, 0.6) is 0 Å². The van der Waals surface area contributed by atoms with E-state index < -0.39 is 0 Å². The fraction of sp³-hybridized carbons (Fsp3) is 0.115. The van der Waals surface area contributed by atoms with Crippen LogP contribution in [-0.4, -0.2) is 11.6 Å². The molecule has 0 spiro atoms. The van der Waals surface area contributed by atoms with Gasteiger partial charge in [0.2, 0.25) is 0 Å². The van der Waals surface area contributed by atoms with Gasteiger partial charge in [-0.3, -0.25) is 0 Å². The Bertz CT molecular complexity index is 3150. The summed E-state index contributed by atoms with van der Waals surface area (Å²) in [7, 11) is 2.14. The van der Waals surface area contributed by atoms with Gasteiger partial charge < -0.3 is 14.4 Å². The summed E-state index contributed by atoms with van der Waals surface area (Å²) in [5.41, 5.74) is 18.4. The van der Waals surface area contributed by atoms with Crippen molar-refractivity contribution in [3.63, 3.8) is 0 Å².